The Morgan fingerprint density at radius 3 is 1.88 bits per heavy atom. The SMILES string of the molecule is CC(C)C(NC(=O)C(N)Cc1ccc(O)cc1)C(=O)NC(CO)C(=O)NC(CO)C(=O)O. The number of aliphatic hydroxyl groups is 2. The van der Waals surface area contributed by atoms with Crippen LogP contribution in [0.3, 0.4) is 0 Å². The highest BCUT2D eigenvalue weighted by Gasteiger charge is 2.31. The summed E-state index contributed by atoms with van der Waals surface area (Å²) in [5.74, 6) is -4.25. The maximum atomic E-state index is 12.7. The van der Waals surface area contributed by atoms with Crippen molar-refractivity contribution >= 4 is 23.7 Å². The van der Waals surface area contributed by atoms with E-state index in [4.69, 9.17) is 15.9 Å². The van der Waals surface area contributed by atoms with Gasteiger partial charge in [0.25, 0.3) is 0 Å². The van der Waals surface area contributed by atoms with E-state index in [1.54, 1.807) is 26.0 Å². The Bertz CT molecular complexity index is 799. The molecule has 0 aliphatic rings. The van der Waals surface area contributed by atoms with Gasteiger partial charge < -0.3 is 42.1 Å². The smallest absolute Gasteiger partial charge is 0.328 e. The Hall–Kier alpha value is -3.22. The molecule has 1 aromatic carbocycles. The van der Waals surface area contributed by atoms with E-state index in [2.05, 4.69) is 10.6 Å². The number of nitrogens with two attached hydrogens (primary N) is 1. The van der Waals surface area contributed by atoms with Gasteiger partial charge in [0.05, 0.1) is 19.3 Å². The molecule has 0 bridgehead atoms. The second kappa shape index (κ2) is 12.6. The first-order chi connectivity index (χ1) is 15.0. The predicted molar refractivity (Wildman–Crippen MR) is 112 cm³/mol. The van der Waals surface area contributed by atoms with Gasteiger partial charge in [0.15, 0.2) is 0 Å². The summed E-state index contributed by atoms with van der Waals surface area (Å²) in [5, 5.41) is 43.4. The van der Waals surface area contributed by atoms with Crippen LogP contribution in [0.2, 0.25) is 0 Å². The van der Waals surface area contributed by atoms with Crippen molar-refractivity contribution in [2.75, 3.05) is 13.2 Å². The lowest BCUT2D eigenvalue weighted by molar-refractivity contribution is -0.143. The molecule has 32 heavy (non-hydrogen) atoms. The maximum Gasteiger partial charge on any atom is 0.328 e. The van der Waals surface area contributed by atoms with Gasteiger partial charge in [-0.05, 0) is 30.0 Å². The number of phenolic OH excluding ortho intramolecular Hbond substituents is 1. The van der Waals surface area contributed by atoms with Crippen molar-refractivity contribution < 1.29 is 39.6 Å². The number of carboxylic acids is 1. The Labute approximate surface area is 184 Å². The third kappa shape index (κ3) is 8.13. The van der Waals surface area contributed by atoms with E-state index >= 15 is 0 Å². The first-order valence-corrected chi connectivity index (χ1v) is 9.89. The number of hydrogen-bond donors (Lipinski definition) is 8. The molecule has 0 aromatic heterocycles. The monoisotopic (exact) mass is 454 g/mol. The molecule has 0 spiro atoms. The van der Waals surface area contributed by atoms with Gasteiger partial charge in [0.2, 0.25) is 17.7 Å². The Balaban J connectivity index is 2.78. The van der Waals surface area contributed by atoms with E-state index in [0.717, 1.165) is 0 Å². The number of aliphatic hydroxyl groups excluding tert-OH is 2. The molecule has 0 saturated heterocycles. The topological polar surface area (TPSA) is 211 Å². The van der Waals surface area contributed by atoms with Crippen LogP contribution < -0.4 is 21.7 Å². The summed E-state index contributed by atoms with van der Waals surface area (Å²) in [5.41, 5.74) is 6.62. The summed E-state index contributed by atoms with van der Waals surface area (Å²) in [6.07, 6.45) is 0.151. The van der Waals surface area contributed by atoms with E-state index in [-0.39, 0.29) is 12.2 Å². The predicted octanol–water partition coefficient (Wildman–Crippen LogP) is -2.56. The first kappa shape index (κ1) is 26.8. The van der Waals surface area contributed by atoms with Crippen LogP contribution in [0.15, 0.2) is 24.3 Å². The minimum atomic E-state index is -1.60. The molecule has 1 rings (SSSR count). The van der Waals surface area contributed by atoms with Gasteiger partial charge in [-0.1, -0.05) is 26.0 Å². The number of nitrogens with one attached hydrogen (secondary N) is 3. The molecular weight excluding hydrogens is 424 g/mol. The molecule has 4 atom stereocenters. The number of carbonyl (C=O) groups excluding carboxylic acids is 3. The number of hydrogen-bond acceptors (Lipinski definition) is 8. The van der Waals surface area contributed by atoms with Gasteiger partial charge in [-0.15, -0.1) is 0 Å². The standard InChI is InChI=1S/C20H30N4O8/c1-10(2)16(24-17(28)13(21)7-11-3-5-12(27)6-4-11)19(30)22-14(8-25)18(29)23-15(9-26)20(31)32/h3-6,10,13-16,25-27H,7-9,21H2,1-2H3,(H,22,30)(H,23,29)(H,24,28)(H,31,32). The maximum absolute atomic E-state index is 12.7. The fourth-order valence-electron chi connectivity index (χ4n) is 2.69. The van der Waals surface area contributed by atoms with E-state index in [1.807, 2.05) is 5.32 Å². The van der Waals surface area contributed by atoms with Gasteiger partial charge in [0.1, 0.15) is 23.9 Å². The zero-order valence-corrected chi connectivity index (χ0v) is 17.8. The van der Waals surface area contributed by atoms with Gasteiger partial charge in [0, 0.05) is 0 Å². The van der Waals surface area contributed by atoms with Gasteiger partial charge in [-0.3, -0.25) is 14.4 Å². The minimum absolute atomic E-state index is 0.0689. The van der Waals surface area contributed by atoms with Gasteiger partial charge in [-0.2, -0.15) is 0 Å². The highest BCUT2D eigenvalue weighted by atomic mass is 16.4. The molecule has 0 saturated carbocycles. The second-order valence-corrected chi connectivity index (χ2v) is 7.53. The number of carbonyl (C=O) groups is 4. The van der Waals surface area contributed by atoms with Crippen molar-refractivity contribution in [1.29, 1.82) is 0 Å². The lowest BCUT2D eigenvalue weighted by atomic mass is 10.0. The summed E-state index contributed by atoms with van der Waals surface area (Å²) >= 11 is 0. The fraction of sp³-hybridized carbons (Fsp3) is 0.500. The molecule has 12 heteroatoms. The molecule has 4 unspecified atom stereocenters. The molecular formula is C20H30N4O8. The van der Waals surface area contributed by atoms with Crippen molar-refractivity contribution in [3.05, 3.63) is 29.8 Å². The lowest BCUT2D eigenvalue weighted by Crippen LogP contribution is -2.59. The van der Waals surface area contributed by atoms with Crippen LogP contribution in [-0.2, 0) is 25.6 Å². The molecule has 3 amide bonds. The highest BCUT2D eigenvalue weighted by Crippen LogP contribution is 2.11. The number of phenols is 1. The molecule has 0 radical (unpaired) electrons. The van der Waals surface area contributed by atoms with Crippen molar-refractivity contribution in [3.8, 4) is 5.75 Å². The average molecular weight is 454 g/mol. The van der Waals surface area contributed by atoms with Crippen LogP contribution >= 0.6 is 0 Å². The van der Waals surface area contributed by atoms with Crippen LogP contribution in [0.25, 0.3) is 0 Å². The van der Waals surface area contributed by atoms with E-state index < -0.39 is 67.0 Å². The lowest BCUT2D eigenvalue weighted by Gasteiger charge is -2.26. The zero-order valence-electron chi connectivity index (χ0n) is 17.8. The molecule has 9 N–H and O–H groups in total. The number of benzene rings is 1. The Morgan fingerprint density at radius 2 is 1.41 bits per heavy atom. The van der Waals surface area contributed by atoms with E-state index in [9.17, 15) is 29.4 Å². The summed E-state index contributed by atoms with van der Waals surface area (Å²) < 4.78 is 0. The van der Waals surface area contributed by atoms with Crippen LogP contribution in [0.4, 0.5) is 0 Å². The number of aliphatic carboxylic acids is 1. The Morgan fingerprint density at radius 1 is 0.875 bits per heavy atom. The quantitative estimate of drug-likeness (QED) is 0.167. The van der Waals surface area contributed by atoms with Crippen LogP contribution in [-0.4, -0.2) is 81.5 Å². The summed E-state index contributed by atoms with van der Waals surface area (Å²) in [7, 11) is 0. The van der Waals surface area contributed by atoms with Gasteiger partial charge >= 0.3 is 5.97 Å². The van der Waals surface area contributed by atoms with Crippen LogP contribution in [0.1, 0.15) is 19.4 Å². The minimum Gasteiger partial charge on any atom is -0.508 e. The summed E-state index contributed by atoms with van der Waals surface area (Å²) in [6.45, 7) is 1.58. The first-order valence-electron chi connectivity index (χ1n) is 9.89. The molecule has 12 nitrogen and oxygen atoms in total. The third-order valence-corrected chi connectivity index (χ3v) is 4.59. The van der Waals surface area contributed by atoms with Gasteiger partial charge in [-0.25, -0.2) is 4.79 Å². The summed E-state index contributed by atoms with van der Waals surface area (Å²) in [4.78, 5) is 48.2. The highest BCUT2D eigenvalue weighted by molar-refractivity contribution is 5.94. The number of amides is 3. The number of rotatable bonds is 12. The molecule has 0 aliphatic heterocycles. The van der Waals surface area contributed by atoms with E-state index in [1.165, 1.54) is 12.1 Å². The molecule has 0 aliphatic carbocycles. The summed E-state index contributed by atoms with van der Waals surface area (Å²) in [6, 6.07) is 0.931. The molecule has 1 aromatic rings. The molecule has 178 valence electrons. The Kier molecular flexibility index (Phi) is 10.5. The van der Waals surface area contributed by atoms with Crippen LogP contribution in [0, 0.1) is 5.92 Å². The molecule has 0 heterocycles. The molecule has 0 fully saturated rings. The largest absolute Gasteiger partial charge is 0.508 e. The third-order valence-electron chi connectivity index (χ3n) is 4.59. The van der Waals surface area contributed by atoms with E-state index in [0.29, 0.717) is 5.56 Å². The van der Waals surface area contributed by atoms with Crippen molar-refractivity contribution in [2.24, 2.45) is 11.7 Å². The van der Waals surface area contributed by atoms with Crippen molar-refractivity contribution in [3.63, 3.8) is 0 Å². The fourth-order valence-corrected chi connectivity index (χ4v) is 2.69. The number of aromatic hydroxyl groups is 1. The average Bonchev–Trinajstić information content (AvgIpc) is 2.74. The zero-order chi connectivity index (χ0) is 24.4. The van der Waals surface area contributed by atoms with Crippen molar-refractivity contribution in [2.45, 2.75) is 44.4 Å². The normalized spacial score (nSPS) is 14.7. The van der Waals surface area contributed by atoms with Crippen molar-refractivity contribution in [1.82, 2.24) is 16.0 Å². The number of carboxylic acid groups (broad SMARTS) is 1. The van der Waals surface area contributed by atoms with Crippen LogP contribution in [0.5, 0.6) is 5.75 Å². The second-order valence-electron chi connectivity index (χ2n) is 7.53.